The Hall–Kier alpha value is -4.15. The third-order valence-corrected chi connectivity index (χ3v) is 6.18. The van der Waals surface area contributed by atoms with E-state index >= 15 is 0 Å². The minimum absolute atomic E-state index is 0.142. The highest BCUT2D eigenvalue weighted by Gasteiger charge is 2.54. The highest BCUT2D eigenvalue weighted by molar-refractivity contribution is 7.32. The summed E-state index contributed by atoms with van der Waals surface area (Å²) in [7, 11) is -3.23. The van der Waals surface area contributed by atoms with Crippen LogP contribution in [-0.4, -0.2) is 60.1 Å². The lowest BCUT2D eigenvalue weighted by atomic mass is 9.98. The summed E-state index contributed by atoms with van der Waals surface area (Å²) >= 11 is 0. The number of carbonyl (C=O) groups is 3. The third kappa shape index (κ3) is 7.71. The largest absolute Gasteiger partial charge is 0.697 e. The van der Waals surface area contributed by atoms with Gasteiger partial charge in [-0.05, 0) is 43.3 Å². The quantitative estimate of drug-likeness (QED) is 0.216. The molecule has 40 heavy (non-hydrogen) atoms. The van der Waals surface area contributed by atoms with Gasteiger partial charge in [-0.1, -0.05) is 59.1 Å². The standard InChI is InChI=1S/C28H25O11P/c1-18-23(37-26(30)19-11-5-2-6-12-19)24(36-22(29)17-34-21-15-9-4-10-16-21)25(28(35-18)39-40(32)33)38-27(31)20-13-7-3-8-14-20/h2-16,18,23-25,28H,17H2,1H3/p+1/t18-,23-,24+,25-,28-/m1/s1. The molecule has 208 valence electrons. The van der Waals surface area contributed by atoms with Crippen LogP contribution in [0.25, 0.3) is 0 Å². The van der Waals surface area contributed by atoms with Gasteiger partial charge in [0.05, 0.1) is 17.2 Å². The lowest BCUT2D eigenvalue weighted by Gasteiger charge is -2.41. The van der Waals surface area contributed by atoms with Crippen LogP contribution in [0.2, 0.25) is 0 Å². The smallest absolute Gasteiger partial charge is 0.482 e. The van der Waals surface area contributed by atoms with Crippen LogP contribution in [0.3, 0.4) is 0 Å². The fourth-order valence-corrected chi connectivity index (χ4v) is 4.29. The monoisotopic (exact) mass is 569 g/mol. The maximum Gasteiger partial charge on any atom is 0.697 e. The summed E-state index contributed by atoms with van der Waals surface area (Å²) in [5.41, 5.74) is 0.352. The molecule has 0 amide bonds. The van der Waals surface area contributed by atoms with Crippen molar-refractivity contribution in [3.8, 4) is 5.75 Å². The molecule has 4 rings (SSSR count). The zero-order valence-corrected chi connectivity index (χ0v) is 22.1. The van der Waals surface area contributed by atoms with E-state index in [4.69, 9.17) is 28.2 Å². The maximum absolute atomic E-state index is 13.0. The molecule has 1 heterocycles. The summed E-state index contributed by atoms with van der Waals surface area (Å²) in [6.07, 6.45) is -7.08. The molecule has 3 aromatic carbocycles. The van der Waals surface area contributed by atoms with Gasteiger partial charge in [-0.3, -0.25) is 0 Å². The van der Waals surface area contributed by atoms with E-state index in [1.165, 1.54) is 31.2 Å². The van der Waals surface area contributed by atoms with Gasteiger partial charge in [-0.15, -0.1) is 4.89 Å². The first-order valence-electron chi connectivity index (χ1n) is 12.2. The van der Waals surface area contributed by atoms with Crippen molar-refractivity contribution in [2.75, 3.05) is 6.61 Å². The van der Waals surface area contributed by atoms with Crippen LogP contribution in [0.5, 0.6) is 5.75 Å². The van der Waals surface area contributed by atoms with Gasteiger partial charge in [0.25, 0.3) is 6.29 Å². The van der Waals surface area contributed by atoms with Crippen molar-refractivity contribution in [2.24, 2.45) is 0 Å². The Bertz CT molecular complexity index is 1300. The summed E-state index contributed by atoms with van der Waals surface area (Å²) < 4.78 is 44.7. The molecular formula is C28H26O11P+. The van der Waals surface area contributed by atoms with Gasteiger partial charge in [0, 0.05) is 4.57 Å². The Morgan fingerprint density at radius 1 is 0.750 bits per heavy atom. The Labute approximate surface area is 230 Å². The third-order valence-electron chi connectivity index (χ3n) is 5.79. The van der Waals surface area contributed by atoms with Crippen LogP contribution in [-0.2, 0) is 32.8 Å². The van der Waals surface area contributed by atoms with E-state index in [2.05, 4.69) is 0 Å². The number of carbonyl (C=O) groups excluding carboxylic acids is 3. The fourth-order valence-electron chi connectivity index (χ4n) is 3.95. The molecule has 1 fully saturated rings. The molecule has 12 heteroatoms. The lowest BCUT2D eigenvalue weighted by Crippen LogP contribution is -2.61. The maximum atomic E-state index is 13.0. The highest BCUT2D eigenvalue weighted by atomic mass is 31.1. The lowest BCUT2D eigenvalue weighted by molar-refractivity contribution is -0.272. The Balaban J connectivity index is 1.63. The molecule has 0 aromatic heterocycles. The molecular weight excluding hydrogens is 543 g/mol. The van der Waals surface area contributed by atoms with Crippen molar-refractivity contribution in [1.29, 1.82) is 0 Å². The molecule has 6 atom stereocenters. The summed E-state index contributed by atoms with van der Waals surface area (Å²) in [5, 5.41) is 0. The zero-order valence-electron chi connectivity index (χ0n) is 21.2. The normalized spacial score (nSPS) is 22.4. The molecule has 1 saturated heterocycles. The molecule has 0 radical (unpaired) electrons. The van der Waals surface area contributed by atoms with E-state index in [0.717, 1.165) is 0 Å². The number of esters is 3. The molecule has 1 aliphatic rings. The first kappa shape index (κ1) is 28.8. The van der Waals surface area contributed by atoms with E-state index < -0.39 is 63.5 Å². The second kappa shape index (κ2) is 13.8. The fraction of sp³-hybridized carbons (Fsp3) is 0.250. The molecule has 0 bridgehead atoms. The molecule has 1 aliphatic heterocycles. The van der Waals surface area contributed by atoms with Gasteiger partial charge >= 0.3 is 26.2 Å². The summed E-state index contributed by atoms with van der Waals surface area (Å²) in [6.45, 7) is 0.953. The highest BCUT2D eigenvalue weighted by Crippen LogP contribution is 2.34. The average Bonchev–Trinajstić information content (AvgIpc) is 2.96. The van der Waals surface area contributed by atoms with Crippen LogP contribution in [0.15, 0.2) is 91.0 Å². The van der Waals surface area contributed by atoms with Crippen LogP contribution in [0, 0.1) is 0 Å². The van der Waals surface area contributed by atoms with Crippen molar-refractivity contribution < 1.29 is 52.1 Å². The van der Waals surface area contributed by atoms with Crippen molar-refractivity contribution >= 4 is 26.2 Å². The number of rotatable bonds is 10. The number of para-hydroxylation sites is 1. The number of hydrogen-bond donors (Lipinski definition) is 1. The Morgan fingerprint density at radius 2 is 1.25 bits per heavy atom. The van der Waals surface area contributed by atoms with Crippen molar-refractivity contribution in [1.82, 2.24) is 0 Å². The van der Waals surface area contributed by atoms with E-state index in [9.17, 15) is 23.8 Å². The Morgan fingerprint density at radius 3 is 1.77 bits per heavy atom. The predicted molar refractivity (Wildman–Crippen MR) is 138 cm³/mol. The van der Waals surface area contributed by atoms with E-state index in [-0.39, 0.29) is 11.1 Å². The molecule has 1 unspecified atom stereocenters. The second-order valence-electron chi connectivity index (χ2n) is 8.58. The van der Waals surface area contributed by atoms with E-state index in [0.29, 0.717) is 5.75 Å². The van der Waals surface area contributed by atoms with Gasteiger partial charge < -0.3 is 23.7 Å². The second-order valence-corrected chi connectivity index (χ2v) is 9.27. The van der Waals surface area contributed by atoms with Gasteiger partial charge in [0.15, 0.2) is 24.9 Å². The molecule has 0 aliphatic carbocycles. The predicted octanol–water partition coefficient (Wildman–Crippen LogP) is 3.84. The average molecular weight is 569 g/mol. The SMILES string of the molecule is C[C@H]1O[C@H](O[P+](=O)O)[C@H](OC(=O)c2ccccc2)[C@@H](OC(=O)COc2ccccc2)[C@@H]1OC(=O)c1ccccc1. The van der Waals surface area contributed by atoms with Crippen molar-refractivity contribution in [2.45, 2.75) is 37.6 Å². The van der Waals surface area contributed by atoms with E-state index in [1.807, 2.05) is 0 Å². The Kier molecular flexibility index (Phi) is 9.93. The van der Waals surface area contributed by atoms with Crippen LogP contribution in [0.4, 0.5) is 0 Å². The first-order chi connectivity index (χ1) is 19.3. The number of ether oxygens (including phenoxy) is 5. The minimum atomic E-state index is -3.23. The van der Waals surface area contributed by atoms with Crippen LogP contribution >= 0.6 is 8.25 Å². The molecule has 11 nitrogen and oxygen atoms in total. The van der Waals surface area contributed by atoms with Crippen molar-refractivity contribution in [3.63, 3.8) is 0 Å². The topological polar surface area (TPSA) is 144 Å². The molecule has 3 aromatic rings. The summed E-state index contributed by atoms with van der Waals surface area (Å²) in [6, 6.07) is 24.4. The minimum Gasteiger partial charge on any atom is -0.482 e. The van der Waals surface area contributed by atoms with Gasteiger partial charge in [0.1, 0.15) is 5.75 Å². The summed E-state index contributed by atoms with van der Waals surface area (Å²) in [5.74, 6) is -2.11. The molecule has 1 N–H and O–H groups in total. The van der Waals surface area contributed by atoms with Crippen LogP contribution in [0.1, 0.15) is 27.6 Å². The summed E-state index contributed by atoms with van der Waals surface area (Å²) in [4.78, 5) is 48.3. The molecule has 0 saturated carbocycles. The first-order valence-corrected chi connectivity index (χ1v) is 13.3. The van der Waals surface area contributed by atoms with Crippen molar-refractivity contribution in [3.05, 3.63) is 102 Å². The van der Waals surface area contributed by atoms with Gasteiger partial charge in [-0.2, -0.15) is 0 Å². The van der Waals surface area contributed by atoms with E-state index in [1.54, 1.807) is 66.7 Å². The zero-order chi connectivity index (χ0) is 28.5. The number of hydrogen-bond acceptors (Lipinski definition) is 10. The number of benzene rings is 3. The van der Waals surface area contributed by atoms with Gasteiger partial charge in [-0.25, -0.2) is 14.4 Å². The molecule has 0 spiro atoms. The van der Waals surface area contributed by atoms with Gasteiger partial charge in [0.2, 0.25) is 0 Å². The van der Waals surface area contributed by atoms with Crippen LogP contribution < -0.4 is 4.74 Å².